The number of anilines is 1. The van der Waals surface area contributed by atoms with Crippen LogP contribution < -0.4 is 10.6 Å². The summed E-state index contributed by atoms with van der Waals surface area (Å²) in [7, 11) is 0. The van der Waals surface area contributed by atoms with Crippen molar-refractivity contribution in [3.05, 3.63) is 63.6 Å². The Morgan fingerprint density at radius 2 is 2.04 bits per heavy atom. The van der Waals surface area contributed by atoms with Gasteiger partial charge in [-0.25, -0.2) is 0 Å². The Bertz CT molecular complexity index is 826. The van der Waals surface area contributed by atoms with Crippen molar-refractivity contribution >= 4 is 40.7 Å². The number of aryl methyl sites for hydroxylation is 2. The molecule has 0 fully saturated rings. The molecule has 0 aliphatic carbocycles. The zero-order valence-electron chi connectivity index (χ0n) is 13.0. The van der Waals surface area contributed by atoms with Crippen molar-refractivity contribution < 1.29 is 14.1 Å². The molecule has 0 saturated heterocycles. The van der Waals surface area contributed by atoms with Gasteiger partial charge < -0.3 is 9.73 Å². The van der Waals surface area contributed by atoms with Crippen molar-refractivity contribution in [3.8, 4) is 0 Å². The third kappa shape index (κ3) is 4.75. The van der Waals surface area contributed by atoms with Crippen LogP contribution in [0.4, 0.5) is 11.4 Å². The van der Waals surface area contributed by atoms with Crippen LogP contribution in [0.5, 0.6) is 0 Å². The number of nitro benzene ring substituents is 1. The number of benzene rings is 1. The van der Waals surface area contributed by atoms with Gasteiger partial charge in [-0.3, -0.25) is 20.2 Å². The Balaban J connectivity index is 1.97. The Labute approximate surface area is 143 Å². The van der Waals surface area contributed by atoms with Gasteiger partial charge in [0, 0.05) is 23.9 Å². The van der Waals surface area contributed by atoms with E-state index < -0.39 is 10.8 Å². The highest BCUT2D eigenvalue weighted by atomic mass is 32.1. The summed E-state index contributed by atoms with van der Waals surface area (Å²) in [5, 5.41) is 16.1. The minimum absolute atomic E-state index is 0.0453. The maximum atomic E-state index is 11.8. The first-order valence-corrected chi connectivity index (χ1v) is 7.37. The highest BCUT2D eigenvalue weighted by Gasteiger charge is 2.10. The number of nitro groups is 1. The van der Waals surface area contributed by atoms with Gasteiger partial charge in [-0.15, -0.1) is 0 Å². The van der Waals surface area contributed by atoms with Crippen LogP contribution in [0.25, 0.3) is 6.08 Å². The number of hydrogen-bond acceptors (Lipinski definition) is 5. The van der Waals surface area contributed by atoms with Crippen molar-refractivity contribution in [2.24, 2.45) is 0 Å². The molecule has 1 heterocycles. The average molecular weight is 345 g/mol. The Morgan fingerprint density at radius 1 is 1.29 bits per heavy atom. The first-order valence-electron chi connectivity index (χ1n) is 6.96. The zero-order valence-corrected chi connectivity index (χ0v) is 13.8. The normalized spacial score (nSPS) is 10.6. The summed E-state index contributed by atoms with van der Waals surface area (Å²) >= 11 is 5.05. The van der Waals surface area contributed by atoms with Crippen molar-refractivity contribution in [1.82, 2.24) is 5.32 Å². The Kier molecular flexibility index (Phi) is 5.43. The third-order valence-corrected chi connectivity index (χ3v) is 3.28. The smallest absolute Gasteiger partial charge is 0.271 e. The van der Waals surface area contributed by atoms with Crippen LogP contribution in [0.15, 0.2) is 40.8 Å². The van der Waals surface area contributed by atoms with E-state index in [1.807, 2.05) is 0 Å². The van der Waals surface area contributed by atoms with E-state index in [-0.39, 0.29) is 10.8 Å². The molecule has 0 bridgehead atoms. The highest BCUT2D eigenvalue weighted by Crippen LogP contribution is 2.21. The maximum Gasteiger partial charge on any atom is 0.271 e. The lowest BCUT2D eigenvalue weighted by atomic mass is 10.2. The van der Waals surface area contributed by atoms with Gasteiger partial charge in [-0.1, -0.05) is 6.07 Å². The molecule has 2 aromatic rings. The second kappa shape index (κ2) is 7.51. The van der Waals surface area contributed by atoms with Crippen LogP contribution in [-0.4, -0.2) is 15.9 Å². The number of nitrogens with one attached hydrogen (secondary N) is 2. The molecule has 7 nitrogen and oxygen atoms in total. The lowest BCUT2D eigenvalue weighted by molar-refractivity contribution is -0.384. The summed E-state index contributed by atoms with van der Waals surface area (Å²) in [6.07, 6.45) is 2.80. The topological polar surface area (TPSA) is 97.4 Å². The first-order chi connectivity index (χ1) is 11.3. The number of carbonyl (C=O) groups excluding carboxylic acids is 1. The number of non-ortho nitro benzene ring substituents is 1. The van der Waals surface area contributed by atoms with E-state index in [1.54, 1.807) is 32.0 Å². The summed E-state index contributed by atoms with van der Waals surface area (Å²) in [6, 6.07) is 7.88. The first kappa shape index (κ1) is 17.4. The van der Waals surface area contributed by atoms with Crippen LogP contribution in [-0.2, 0) is 4.79 Å². The van der Waals surface area contributed by atoms with Crippen molar-refractivity contribution in [2.75, 3.05) is 5.32 Å². The van der Waals surface area contributed by atoms with E-state index in [9.17, 15) is 14.9 Å². The fraction of sp³-hybridized carbons (Fsp3) is 0.125. The molecular weight excluding hydrogens is 330 g/mol. The number of furan rings is 1. The van der Waals surface area contributed by atoms with Crippen LogP contribution in [0.1, 0.15) is 17.1 Å². The molecule has 8 heteroatoms. The van der Waals surface area contributed by atoms with Crippen molar-refractivity contribution in [2.45, 2.75) is 13.8 Å². The maximum absolute atomic E-state index is 11.8. The van der Waals surface area contributed by atoms with Crippen molar-refractivity contribution in [1.29, 1.82) is 0 Å². The van der Waals surface area contributed by atoms with E-state index >= 15 is 0 Å². The minimum Gasteiger partial charge on any atom is -0.462 e. The zero-order chi connectivity index (χ0) is 17.7. The molecular formula is C16H15N3O4S. The molecule has 2 rings (SSSR count). The highest BCUT2D eigenvalue weighted by molar-refractivity contribution is 7.80. The van der Waals surface area contributed by atoms with E-state index in [0.29, 0.717) is 11.4 Å². The van der Waals surface area contributed by atoms with Crippen LogP contribution in [0.2, 0.25) is 0 Å². The number of nitrogens with zero attached hydrogens (tertiary/aromatic N) is 1. The van der Waals surface area contributed by atoms with E-state index in [1.165, 1.54) is 24.3 Å². The molecule has 0 unspecified atom stereocenters. The molecule has 1 aromatic carbocycles. The summed E-state index contributed by atoms with van der Waals surface area (Å²) in [4.78, 5) is 22.1. The number of amides is 1. The summed E-state index contributed by atoms with van der Waals surface area (Å²) in [5.74, 6) is 0.856. The predicted octanol–water partition coefficient (Wildman–Crippen LogP) is 3.33. The molecule has 2 N–H and O–H groups in total. The lowest BCUT2D eigenvalue weighted by Crippen LogP contribution is -2.33. The predicted molar refractivity (Wildman–Crippen MR) is 94.7 cm³/mol. The second-order valence-electron chi connectivity index (χ2n) is 4.98. The van der Waals surface area contributed by atoms with Gasteiger partial charge in [0.25, 0.3) is 5.69 Å². The molecule has 0 radical (unpaired) electrons. The fourth-order valence-corrected chi connectivity index (χ4v) is 2.08. The monoisotopic (exact) mass is 345 g/mol. The van der Waals surface area contributed by atoms with Gasteiger partial charge in [0.05, 0.1) is 4.92 Å². The van der Waals surface area contributed by atoms with Gasteiger partial charge in [0.1, 0.15) is 11.5 Å². The Hall–Kier alpha value is -3.00. The molecule has 0 aliphatic heterocycles. The van der Waals surface area contributed by atoms with Crippen LogP contribution in [0.3, 0.4) is 0 Å². The van der Waals surface area contributed by atoms with Crippen molar-refractivity contribution in [3.63, 3.8) is 0 Å². The molecule has 0 aliphatic rings. The van der Waals surface area contributed by atoms with Gasteiger partial charge in [0.2, 0.25) is 5.91 Å². The average Bonchev–Trinajstić information content (AvgIpc) is 2.92. The molecule has 1 aromatic heterocycles. The third-order valence-electron chi connectivity index (χ3n) is 3.08. The second-order valence-corrected chi connectivity index (χ2v) is 5.39. The molecule has 0 atom stereocenters. The number of carbonyl (C=O) groups is 1. The molecule has 0 spiro atoms. The van der Waals surface area contributed by atoms with Gasteiger partial charge in [0.15, 0.2) is 5.11 Å². The largest absolute Gasteiger partial charge is 0.462 e. The van der Waals surface area contributed by atoms with E-state index in [0.717, 1.165) is 11.3 Å². The molecule has 1 amide bonds. The lowest BCUT2D eigenvalue weighted by Gasteiger charge is -2.10. The summed E-state index contributed by atoms with van der Waals surface area (Å²) in [5.41, 5.74) is 1.16. The van der Waals surface area contributed by atoms with Gasteiger partial charge in [-0.2, -0.15) is 0 Å². The number of hydrogen-bond donors (Lipinski definition) is 2. The molecule has 0 saturated carbocycles. The Morgan fingerprint density at radius 3 is 2.67 bits per heavy atom. The van der Waals surface area contributed by atoms with Crippen LogP contribution >= 0.6 is 12.2 Å². The van der Waals surface area contributed by atoms with Gasteiger partial charge in [-0.05, 0) is 49.8 Å². The fourth-order valence-electron chi connectivity index (χ4n) is 1.87. The minimum atomic E-state index is -0.500. The SMILES string of the molecule is Cc1ccc(/C=C/C(=O)NC(=S)Nc2cc([N+](=O)[O-])ccc2C)o1. The van der Waals surface area contributed by atoms with Gasteiger partial charge >= 0.3 is 0 Å². The van der Waals surface area contributed by atoms with E-state index in [2.05, 4.69) is 10.6 Å². The molecule has 124 valence electrons. The standard InChI is InChI=1S/C16H15N3O4S/c1-10-3-5-12(19(21)22)9-14(10)17-16(24)18-15(20)8-7-13-6-4-11(2)23-13/h3-9H,1-2H3,(H2,17,18,20,24)/b8-7+. The van der Waals surface area contributed by atoms with E-state index in [4.69, 9.17) is 16.6 Å². The number of thiocarbonyl (C=S) groups is 1. The summed E-state index contributed by atoms with van der Waals surface area (Å²) < 4.78 is 5.31. The quantitative estimate of drug-likeness (QED) is 0.382. The van der Waals surface area contributed by atoms with Crippen LogP contribution in [0, 0.1) is 24.0 Å². The number of rotatable bonds is 4. The summed E-state index contributed by atoms with van der Waals surface area (Å²) in [6.45, 7) is 3.58. The molecule has 24 heavy (non-hydrogen) atoms.